The molecule has 4 N–H and O–H groups in total. The van der Waals surface area contributed by atoms with E-state index in [0.717, 1.165) is 17.7 Å². The number of nitrogens with zero attached hydrogens (tertiary/aromatic N) is 2. The molecule has 1 rings (SSSR count). The number of amides is 1. The van der Waals surface area contributed by atoms with Crippen LogP contribution in [-0.4, -0.2) is 21.9 Å². The predicted molar refractivity (Wildman–Crippen MR) is 79.6 cm³/mol. The summed E-state index contributed by atoms with van der Waals surface area (Å²) in [5.41, 5.74) is 6.59. The number of hydrogen-bond acceptors (Lipinski definition) is 5. The molecule has 112 valence electrons. The molecule has 20 heavy (non-hydrogen) atoms. The Kier molecular flexibility index (Phi) is 6.44. The van der Waals surface area contributed by atoms with Gasteiger partial charge < -0.3 is 16.3 Å². The molecule has 0 aliphatic heterocycles. The number of nitrogens with one attached hydrogen (secondary N) is 1. The van der Waals surface area contributed by atoms with Gasteiger partial charge in [0.15, 0.2) is 5.84 Å². The van der Waals surface area contributed by atoms with Crippen LogP contribution in [0.15, 0.2) is 16.9 Å². The van der Waals surface area contributed by atoms with E-state index in [9.17, 15) is 4.79 Å². The van der Waals surface area contributed by atoms with Gasteiger partial charge in [0.25, 0.3) is 0 Å². The van der Waals surface area contributed by atoms with Gasteiger partial charge in [0, 0.05) is 11.1 Å². The second-order valence-corrected chi connectivity index (χ2v) is 5.69. The maximum Gasteiger partial charge on any atom is 0.234 e. The van der Waals surface area contributed by atoms with E-state index in [-0.39, 0.29) is 11.7 Å². The summed E-state index contributed by atoms with van der Waals surface area (Å²) < 4.78 is 0. The fourth-order valence-electron chi connectivity index (χ4n) is 2.34. The van der Waals surface area contributed by atoms with Gasteiger partial charge in [-0.25, -0.2) is 0 Å². The van der Waals surface area contributed by atoms with Gasteiger partial charge in [-0.1, -0.05) is 31.8 Å². The first-order chi connectivity index (χ1) is 9.60. The first-order valence-corrected chi connectivity index (χ1v) is 7.62. The second kappa shape index (κ2) is 7.84. The van der Waals surface area contributed by atoms with Crippen LogP contribution in [0.1, 0.15) is 44.4 Å². The van der Waals surface area contributed by atoms with Crippen LogP contribution in [0.3, 0.4) is 0 Å². The quantitative estimate of drug-likeness (QED) is 0.296. The highest BCUT2D eigenvalue weighted by atomic mass is 32.1. The zero-order chi connectivity index (χ0) is 15.0. The van der Waals surface area contributed by atoms with Crippen molar-refractivity contribution in [1.82, 2.24) is 10.3 Å². The van der Waals surface area contributed by atoms with Crippen LogP contribution in [0.5, 0.6) is 0 Å². The highest BCUT2D eigenvalue weighted by Gasteiger charge is 2.41. The molecule has 0 fully saturated rings. The Balaban J connectivity index is 2.87. The van der Waals surface area contributed by atoms with Gasteiger partial charge in [-0.15, -0.1) is 11.3 Å². The predicted octanol–water partition coefficient (Wildman–Crippen LogP) is 2.09. The van der Waals surface area contributed by atoms with Crippen molar-refractivity contribution in [2.75, 3.05) is 0 Å². The van der Waals surface area contributed by atoms with Crippen LogP contribution in [0.2, 0.25) is 0 Å². The molecule has 0 aliphatic rings. The van der Waals surface area contributed by atoms with Crippen molar-refractivity contribution in [3.05, 3.63) is 16.6 Å². The number of carbonyl (C=O) groups is 1. The molecule has 0 aromatic carbocycles. The monoisotopic (exact) mass is 298 g/mol. The highest BCUT2D eigenvalue weighted by Crippen LogP contribution is 2.31. The third-order valence-electron chi connectivity index (χ3n) is 3.29. The summed E-state index contributed by atoms with van der Waals surface area (Å²) >= 11 is 1.48. The van der Waals surface area contributed by atoms with Crippen LogP contribution < -0.4 is 11.1 Å². The molecule has 0 bridgehead atoms. The molecule has 7 heteroatoms. The topological polar surface area (TPSA) is 101 Å². The van der Waals surface area contributed by atoms with E-state index in [1.54, 1.807) is 11.7 Å². The number of thiazole rings is 1. The van der Waals surface area contributed by atoms with Gasteiger partial charge in [0.2, 0.25) is 5.91 Å². The number of oxime groups is 1. The molecule has 0 atom stereocenters. The lowest BCUT2D eigenvalue weighted by Crippen LogP contribution is -2.49. The van der Waals surface area contributed by atoms with E-state index in [0.29, 0.717) is 19.4 Å². The van der Waals surface area contributed by atoms with Crippen molar-refractivity contribution in [2.24, 2.45) is 16.3 Å². The lowest BCUT2D eigenvalue weighted by Gasteiger charge is -2.30. The van der Waals surface area contributed by atoms with Crippen LogP contribution in [-0.2, 0) is 11.3 Å². The third kappa shape index (κ3) is 3.69. The lowest BCUT2D eigenvalue weighted by molar-refractivity contribution is -0.128. The van der Waals surface area contributed by atoms with E-state index >= 15 is 0 Å². The summed E-state index contributed by atoms with van der Waals surface area (Å²) in [7, 11) is 0. The third-order valence-corrected chi connectivity index (χ3v) is 4.07. The average molecular weight is 298 g/mol. The molecule has 0 spiro atoms. The Morgan fingerprint density at radius 1 is 1.50 bits per heavy atom. The van der Waals surface area contributed by atoms with Crippen molar-refractivity contribution in [3.63, 3.8) is 0 Å². The summed E-state index contributed by atoms with van der Waals surface area (Å²) in [6.07, 6.45) is 4.40. The molecule has 0 saturated carbocycles. The zero-order valence-electron chi connectivity index (χ0n) is 11.9. The smallest absolute Gasteiger partial charge is 0.234 e. The largest absolute Gasteiger partial charge is 0.409 e. The standard InChI is InChI=1S/C13H22N4O2S/c1-3-5-13(6-4-2,11(14)17-19)12(18)16-8-10-7-15-9-20-10/h7,9,19H,3-6,8H2,1-2H3,(H2,14,17)(H,16,18). The second-order valence-electron chi connectivity index (χ2n) is 4.72. The van der Waals surface area contributed by atoms with Crippen molar-refractivity contribution >= 4 is 23.1 Å². The van der Waals surface area contributed by atoms with E-state index in [2.05, 4.69) is 15.5 Å². The minimum atomic E-state index is -0.928. The number of rotatable bonds is 8. The summed E-state index contributed by atoms with van der Waals surface area (Å²) in [6, 6.07) is 0. The number of aromatic nitrogens is 1. The van der Waals surface area contributed by atoms with Crippen molar-refractivity contribution in [3.8, 4) is 0 Å². The maximum absolute atomic E-state index is 12.5. The number of nitrogens with two attached hydrogens (primary N) is 1. The Bertz CT molecular complexity index is 439. The van der Waals surface area contributed by atoms with Gasteiger partial charge >= 0.3 is 0 Å². The summed E-state index contributed by atoms with van der Waals surface area (Å²) in [5, 5.41) is 15.0. The van der Waals surface area contributed by atoms with Gasteiger partial charge in [-0.2, -0.15) is 0 Å². The van der Waals surface area contributed by atoms with Gasteiger partial charge in [-0.05, 0) is 12.8 Å². The summed E-state index contributed by atoms with van der Waals surface area (Å²) in [5.74, 6) is -0.201. The molecule has 6 nitrogen and oxygen atoms in total. The molecule has 0 saturated heterocycles. The van der Waals surface area contributed by atoms with Crippen LogP contribution in [0.25, 0.3) is 0 Å². The number of carbonyl (C=O) groups excluding carboxylic acids is 1. The molecule has 1 heterocycles. The molecule has 1 aromatic rings. The van der Waals surface area contributed by atoms with E-state index in [1.165, 1.54) is 11.3 Å². The Labute approximate surface area is 123 Å². The van der Waals surface area contributed by atoms with Crippen molar-refractivity contribution < 1.29 is 10.0 Å². The Hall–Kier alpha value is -1.63. The van der Waals surface area contributed by atoms with Crippen LogP contribution in [0, 0.1) is 5.41 Å². The minimum Gasteiger partial charge on any atom is -0.409 e. The summed E-state index contributed by atoms with van der Waals surface area (Å²) in [6.45, 7) is 4.37. The van der Waals surface area contributed by atoms with E-state index in [1.807, 2.05) is 13.8 Å². The fourth-order valence-corrected chi connectivity index (χ4v) is 2.87. The average Bonchev–Trinajstić information content (AvgIpc) is 2.96. The zero-order valence-corrected chi connectivity index (χ0v) is 12.7. The Morgan fingerprint density at radius 3 is 2.60 bits per heavy atom. The van der Waals surface area contributed by atoms with Gasteiger partial charge in [-0.3, -0.25) is 9.78 Å². The van der Waals surface area contributed by atoms with E-state index in [4.69, 9.17) is 10.9 Å². The molecule has 0 aliphatic carbocycles. The van der Waals surface area contributed by atoms with Crippen LogP contribution >= 0.6 is 11.3 Å². The van der Waals surface area contributed by atoms with Crippen molar-refractivity contribution in [2.45, 2.75) is 46.1 Å². The number of amidine groups is 1. The van der Waals surface area contributed by atoms with Gasteiger partial charge in [0.1, 0.15) is 5.41 Å². The molecule has 0 unspecified atom stereocenters. The molecular formula is C13H22N4O2S. The fraction of sp³-hybridized carbons (Fsp3) is 0.615. The summed E-state index contributed by atoms with van der Waals surface area (Å²) in [4.78, 5) is 17.5. The molecule has 0 radical (unpaired) electrons. The van der Waals surface area contributed by atoms with E-state index < -0.39 is 5.41 Å². The van der Waals surface area contributed by atoms with Crippen molar-refractivity contribution in [1.29, 1.82) is 0 Å². The minimum absolute atomic E-state index is 0.0111. The molecule has 1 aromatic heterocycles. The molecule has 1 amide bonds. The van der Waals surface area contributed by atoms with Gasteiger partial charge in [0.05, 0.1) is 12.1 Å². The van der Waals surface area contributed by atoms with Crippen LogP contribution in [0.4, 0.5) is 0 Å². The first-order valence-electron chi connectivity index (χ1n) is 6.74. The highest BCUT2D eigenvalue weighted by molar-refractivity contribution is 7.09. The Morgan fingerprint density at radius 2 is 2.15 bits per heavy atom. The molecular weight excluding hydrogens is 276 g/mol. The normalized spacial score (nSPS) is 12.4. The number of hydrogen-bond donors (Lipinski definition) is 3. The lowest BCUT2D eigenvalue weighted by atomic mass is 9.77. The SMILES string of the molecule is CCCC(CCC)(C(=O)NCc1cncs1)C(N)=NO. The first kappa shape index (κ1) is 16.4. The maximum atomic E-state index is 12.5.